The molecule has 7 heteroatoms. The van der Waals surface area contributed by atoms with Crippen molar-refractivity contribution in [3.8, 4) is 0 Å². The van der Waals surface area contributed by atoms with Gasteiger partial charge in [0.15, 0.2) is 0 Å². The summed E-state index contributed by atoms with van der Waals surface area (Å²) in [5.74, 6) is -5.73. The van der Waals surface area contributed by atoms with E-state index in [0.717, 1.165) is 4.90 Å². The number of carboxylic acids is 1. The second-order valence-electron chi connectivity index (χ2n) is 4.98. The highest BCUT2D eigenvalue weighted by Gasteiger charge is 2.53. The molecule has 0 radical (unpaired) electrons. The predicted octanol–water partition coefficient (Wildman–Crippen LogP) is 1.67. The number of allylic oxidation sites excluding steroid dienone is 2. The highest BCUT2D eigenvalue weighted by molar-refractivity contribution is 5.81. The molecule has 0 aromatic rings. The molecule has 2 aliphatic rings. The van der Waals surface area contributed by atoms with Crippen LogP contribution in [0, 0.1) is 17.8 Å². The number of alkyl halides is 3. The standard InChI is InChI=1S/C12H14F3NO3/c13-12(14,15)9-6-16(5-8(9)11(18)19)10(17)7-3-1-2-4-7/h1-2,7-9H,3-6H2,(H,18,19)/t8-,9-/m1/s1. The monoisotopic (exact) mass is 277 g/mol. The molecule has 0 saturated carbocycles. The number of hydrogen-bond acceptors (Lipinski definition) is 2. The van der Waals surface area contributed by atoms with E-state index in [4.69, 9.17) is 5.11 Å². The van der Waals surface area contributed by atoms with Gasteiger partial charge in [-0.2, -0.15) is 13.2 Å². The number of aliphatic carboxylic acids is 1. The lowest BCUT2D eigenvalue weighted by Crippen LogP contribution is -2.35. The van der Waals surface area contributed by atoms with Gasteiger partial charge < -0.3 is 10.0 Å². The SMILES string of the molecule is O=C(O)[C@@H]1CN(C(=O)C2CC=CC2)C[C@H]1C(F)(F)F. The molecule has 2 atom stereocenters. The third-order valence-corrected chi connectivity index (χ3v) is 3.73. The van der Waals surface area contributed by atoms with Crippen LogP contribution in [0.3, 0.4) is 0 Å². The van der Waals surface area contributed by atoms with Crippen LogP contribution >= 0.6 is 0 Å². The smallest absolute Gasteiger partial charge is 0.394 e. The summed E-state index contributed by atoms with van der Waals surface area (Å²) in [7, 11) is 0. The van der Waals surface area contributed by atoms with E-state index in [1.807, 2.05) is 12.2 Å². The Hall–Kier alpha value is -1.53. The van der Waals surface area contributed by atoms with Gasteiger partial charge in [-0.05, 0) is 12.8 Å². The summed E-state index contributed by atoms with van der Waals surface area (Å²) in [4.78, 5) is 24.0. The van der Waals surface area contributed by atoms with Crippen molar-refractivity contribution in [2.75, 3.05) is 13.1 Å². The van der Waals surface area contributed by atoms with Crippen molar-refractivity contribution in [2.45, 2.75) is 19.0 Å². The van der Waals surface area contributed by atoms with Gasteiger partial charge in [-0.25, -0.2) is 0 Å². The van der Waals surface area contributed by atoms with Gasteiger partial charge >= 0.3 is 12.1 Å². The summed E-state index contributed by atoms with van der Waals surface area (Å²) in [5, 5.41) is 8.86. The molecule has 0 aromatic heterocycles. The molecule has 19 heavy (non-hydrogen) atoms. The fourth-order valence-corrected chi connectivity index (χ4v) is 2.64. The van der Waals surface area contributed by atoms with E-state index in [1.54, 1.807) is 0 Å². The van der Waals surface area contributed by atoms with Crippen LogP contribution in [0.5, 0.6) is 0 Å². The molecule has 0 spiro atoms. The van der Waals surface area contributed by atoms with Crippen LogP contribution in [0.25, 0.3) is 0 Å². The minimum Gasteiger partial charge on any atom is -0.481 e. The first-order chi connectivity index (χ1) is 8.80. The summed E-state index contributed by atoms with van der Waals surface area (Å²) in [5.41, 5.74) is 0. The summed E-state index contributed by atoms with van der Waals surface area (Å²) < 4.78 is 38.3. The molecule has 0 bridgehead atoms. The van der Waals surface area contributed by atoms with Gasteiger partial charge in [0.2, 0.25) is 5.91 Å². The maximum Gasteiger partial charge on any atom is 0.394 e. The number of hydrogen-bond donors (Lipinski definition) is 1. The minimum atomic E-state index is -4.59. The lowest BCUT2D eigenvalue weighted by atomic mass is 9.96. The molecule has 106 valence electrons. The van der Waals surface area contributed by atoms with Crippen LogP contribution in [0.2, 0.25) is 0 Å². The normalized spacial score (nSPS) is 28.1. The Bertz CT molecular complexity index is 411. The molecule has 1 aliphatic heterocycles. The molecule has 1 aliphatic carbocycles. The Morgan fingerprint density at radius 1 is 1.16 bits per heavy atom. The lowest BCUT2D eigenvalue weighted by Gasteiger charge is -2.21. The molecule has 1 heterocycles. The van der Waals surface area contributed by atoms with Crippen molar-refractivity contribution in [2.24, 2.45) is 17.8 Å². The molecular formula is C12H14F3NO3. The van der Waals surface area contributed by atoms with Gasteiger partial charge in [-0.1, -0.05) is 12.2 Å². The zero-order chi connectivity index (χ0) is 14.2. The third-order valence-electron chi connectivity index (χ3n) is 3.73. The number of carbonyl (C=O) groups excluding carboxylic acids is 1. The van der Waals surface area contributed by atoms with E-state index in [0.29, 0.717) is 12.8 Å². The van der Waals surface area contributed by atoms with E-state index in [1.165, 1.54) is 0 Å². The molecule has 2 rings (SSSR count). The molecule has 0 aromatic carbocycles. The minimum absolute atomic E-state index is 0.332. The van der Waals surface area contributed by atoms with Crippen LogP contribution in [0.4, 0.5) is 13.2 Å². The summed E-state index contributed by atoms with van der Waals surface area (Å²) in [6.45, 7) is -0.898. The molecule has 1 N–H and O–H groups in total. The Labute approximate surface area is 107 Å². The van der Waals surface area contributed by atoms with Crippen LogP contribution in [0.15, 0.2) is 12.2 Å². The van der Waals surface area contributed by atoms with Crippen LogP contribution in [-0.4, -0.2) is 41.1 Å². The number of amides is 1. The van der Waals surface area contributed by atoms with Crippen molar-refractivity contribution >= 4 is 11.9 Å². The van der Waals surface area contributed by atoms with E-state index in [-0.39, 0.29) is 18.4 Å². The van der Waals surface area contributed by atoms with Crippen molar-refractivity contribution in [1.82, 2.24) is 4.90 Å². The molecule has 1 amide bonds. The van der Waals surface area contributed by atoms with E-state index in [9.17, 15) is 22.8 Å². The Kier molecular flexibility index (Phi) is 3.56. The first-order valence-corrected chi connectivity index (χ1v) is 6.04. The highest BCUT2D eigenvalue weighted by atomic mass is 19.4. The summed E-state index contributed by atoms with van der Waals surface area (Å²) >= 11 is 0. The van der Waals surface area contributed by atoms with Gasteiger partial charge in [0, 0.05) is 19.0 Å². The summed E-state index contributed by atoms with van der Waals surface area (Å²) in [6, 6.07) is 0. The Morgan fingerprint density at radius 3 is 2.16 bits per heavy atom. The largest absolute Gasteiger partial charge is 0.481 e. The zero-order valence-electron chi connectivity index (χ0n) is 10.1. The number of carboxylic acid groups (broad SMARTS) is 1. The molecule has 4 nitrogen and oxygen atoms in total. The molecular weight excluding hydrogens is 263 g/mol. The number of likely N-dealkylation sites (tertiary alicyclic amines) is 1. The van der Waals surface area contributed by atoms with Crippen molar-refractivity contribution in [3.63, 3.8) is 0 Å². The first kappa shape index (κ1) is 13.9. The Morgan fingerprint density at radius 2 is 1.74 bits per heavy atom. The topological polar surface area (TPSA) is 57.6 Å². The van der Waals surface area contributed by atoms with Gasteiger partial charge in [0.1, 0.15) is 0 Å². The maximum atomic E-state index is 12.8. The van der Waals surface area contributed by atoms with Crippen LogP contribution in [-0.2, 0) is 9.59 Å². The quantitative estimate of drug-likeness (QED) is 0.781. The van der Waals surface area contributed by atoms with Gasteiger partial charge in [0.25, 0.3) is 0 Å². The number of rotatable bonds is 2. The molecule has 0 unspecified atom stereocenters. The molecule has 1 saturated heterocycles. The number of nitrogens with zero attached hydrogens (tertiary/aromatic N) is 1. The van der Waals surface area contributed by atoms with Gasteiger partial charge in [0.05, 0.1) is 11.8 Å². The fourth-order valence-electron chi connectivity index (χ4n) is 2.64. The fraction of sp³-hybridized carbons (Fsp3) is 0.667. The third kappa shape index (κ3) is 2.74. The van der Waals surface area contributed by atoms with E-state index < -0.39 is 30.5 Å². The van der Waals surface area contributed by atoms with Crippen molar-refractivity contribution in [3.05, 3.63) is 12.2 Å². The maximum absolute atomic E-state index is 12.8. The predicted molar refractivity (Wildman–Crippen MR) is 59.1 cm³/mol. The number of halogens is 3. The Balaban J connectivity index is 2.09. The van der Waals surface area contributed by atoms with E-state index >= 15 is 0 Å². The van der Waals surface area contributed by atoms with Crippen LogP contribution < -0.4 is 0 Å². The average Bonchev–Trinajstić information content (AvgIpc) is 2.96. The van der Waals surface area contributed by atoms with E-state index in [2.05, 4.69) is 0 Å². The van der Waals surface area contributed by atoms with Crippen LogP contribution in [0.1, 0.15) is 12.8 Å². The summed E-state index contributed by atoms with van der Waals surface area (Å²) in [6.07, 6.45) is 0.0721. The first-order valence-electron chi connectivity index (χ1n) is 6.04. The molecule has 1 fully saturated rings. The number of carbonyl (C=O) groups is 2. The second-order valence-corrected chi connectivity index (χ2v) is 4.98. The van der Waals surface area contributed by atoms with Gasteiger partial charge in [-0.15, -0.1) is 0 Å². The van der Waals surface area contributed by atoms with Crippen molar-refractivity contribution in [1.29, 1.82) is 0 Å². The zero-order valence-corrected chi connectivity index (χ0v) is 10.1. The lowest BCUT2D eigenvalue weighted by molar-refractivity contribution is -0.188. The van der Waals surface area contributed by atoms with Crippen molar-refractivity contribution < 1.29 is 27.9 Å². The average molecular weight is 277 g/mol. The van der Waals surface area contributed by atoms with Gasteiger partial charge in [-0.3, -0.25) is 9.59 Å². The second kappa shape index (κ2) is 4.86. The highest BCUT2D eigenvalue weighted by Crippen LogP contribution is 2.38.